The molecule has 0 saturated heterocycles. The summed E-state index contributed by atoms with van der Waals surface area (Å²) in [5.41, 5.74) is 2.07. The number of aryl methyl sites for hydroxylation is 1. The predicted octanol–water partition coefficient (Wildman–Crippen LogP) is 4.85. The fourth-order valence-corrected chi connectivity index (χ4v) is 3.69. The minimum absolute atomic E-state index is 0.138. The maximum Gasteiger partial charge on any atom is 0.265 e. The lowest BCUT2D eigenvalue weighted by atomic mass is 9.95. The molecular formula is C24H30N2O3. The first-order chi connectivity index (χ1) is 14.1. The number of para-hydroxylation sites is 1. The second-order valence-electron chi connectivity index (χ2n) is 7.67. The standard InChI is InChI=1S/C24H30N2O3/c1-3-22(29-19-13-9-10-17(2)16-19)24(28)26-21-15-8-7-14-20(21)23(27)25-18-11-5-4-6-12-18/h7-10,13-16,18,22H,3-6,11-12H2,1-2H3,(H,25,27)(H,26,28). The summed E-state index contributed by atoms with van der Waals surface area (Å²) < 4.78 is 5.89. The Kier molecular flexibility index (Phi) is 7.28. The third-order valence-electron chi connectivity index (χ3n) is 5.30. The summed E-state index contributed by atoms with van der Waals surface area (Å²) in [6.45, 7) is 3.89. The van der Waals surface area contributed by atoms with Gasteiger partial charge in [0.25, 0.3) is 11.8 Å². The second-order valence-corrected chi connectivity index (χ2v) is 7.67. The van der Waals surface area contributed by atoms with Gasteiger partial charge in [0, 0.05) is 6.04 Å². The van der Waals surface area contributed by atoms with Crippen molar-refractivity contribution in [2.24, 2.45) is 0 Å². The molecule has 2 aromatic rings. The highest BCUT2D eigenvalue weighted by atomic mass is 16.5. The van der Waals surface area contributed by atoms with E-state index >= 15 is 0 Å². The summed E-state index contributed by atoms with van der Waals surface area (Å²) in [5.74, 6) is 0.266. The normalized spacial score (nSPS) is 15.4. The number of anilines is 1. The van der Waals surface area contributed by atoms with E-state index in [-0.39, 0.29) is 17.9 Å². The fourth-order valence-electron chi connectivity index (χ4n) is 3.69. The summed E-state index contributed by atoms with van der Waals surface area (Å²) in [7, 11) is 0. The molecule has 0 bridgehead atoms. The summed E-state index contributed by atoms with van der Waals surface area (Å²) in [6, 6.07) is 15.0. The van der Waals surface area contributed by atoms with Gasteiger partial charge in [-0.05, 0) is 56.0 Å². The molecule has 0 heterocycles. The van der Waals surface area contributed by atoms with Crippen molar-refractivity contribution in [1.29, 1.82) is 0 Å². The van der Waals surface area contributed by atoms with E-state index in [0.717, 1.165) is 31.2 Å². The number of rotatable bonds is 7. The van der Waals surface area contributed by atoms with Crippen molar-refractivity contribution in [3.05, 3.63) is 59.7 Å². The summed E-state index contributed by atoms with van der Waals surface area (Å²) in [6.07, 6.45) is 5.46. The van der Waals surface area contributed by atoms with Gasteiger partial charge in [0.2, 0.25) is 0 Å². The SMILES string of the molecule is CCC(Oc1cccc(C)c1)C(=O)Nc1ccccc1C(=O)NC1CCCCC1. The average molecular weight is 395 g/mol. The number of nitrogens with one attached hydrogen (secondary N) is 2. The summed E-state index contributed by atoms with van der Waals surface area (Å²) in [5, 5.41) is 6.01. The maximum absolute atomic E-state index is 12.8. The van der Waals surface area contributed by atoms with Gasteiger partial charge in [0.15, 0.2) is 6.10 Å². The van der Waals surface area contributed by atoms with Crippen LogP contribution in [0.4, 0.5) is 5.69 Å². The third kappa shape index (κ3) is 5.83. The van der Waals surface area contributed by atoms with Crippen molar-refractivity contribution in [1.82, 2.24) is 5.32 Å². The molecular weight excluding hydrogens is 364 g/mol. The Morgan fingerprint density at radius 3 is 2.55 bits per heavy atom. The molecule has 2 N–H and O–H groups in total. The van der Waals surface area contributed by atoms with Crippen molar-refractivity contribution in [2.45, 2.75) is 64.5 Å². The molecule has 2 aromatic carbocycles. The predicted molar refractivity (Wildman–Crippen MR) is 115 cm³/mol. The van der Waals surface area contributed by atoms with Crippen LogP contribution in [-0.4, -0.2) is 24.0 Å². The monoisotopic (exact) mass is 394 g/mol. The molecule has 1 unspecified atom stereocenters. The largest absolute Gasteiger partial charge is 0.481 e. The topological polar surface area (TPSA) is 67.4 Å². The van der Waals surface area contributed by atoms with E-state index in [1.54, 1.807) is 12.1 Å². The highest BCUT2D eigenvalue weighted by Crippen LogP contribution is 2.21. The van der Waals surface area contributed by atoms with Crippen LogP contribution >= 0.6 is 0 Å². The quantitative estimate of drug-likeness (QED) is 0.705. The van der Waals surface area contributed by atoms with Crippen LogP contribution in [0.1, 0.15) is 61.4 Å². The molecule has 154 valence electrons. The Morgan fingerprint density at radius 1 is 1.07 bits per heavy atom. The number of carbonyl (C=O) groups excluding carboxylic acids is 2. The highest BCUT2D eigenvalue weighted by Gasteiger charge is 2.22. The van der Waals surface area contributed by atoms with Gasteiger partial charge >= 0.3 is 0 Å². The highest BCUT2D eigenvalue weighted by molar-refractivity contribution is 6.04. The first kappa shape index (κ1) is 20.9. The van der Waals surface area contributed by atoms with Crippen LogP contribution in [-0.2, 0) is 4.79 Å². The molecule has 0 aliphatic heterocycles. The number of hydrogen-bond acceptors (Lipinski definition) is 3. The molecule has 1 aliphatic carbocycles. The zero-order valence-electron chi connectivity index (χ0n) is 17.2. The minimum atomic E-state index is -0.633. The third-order valence-corrected chi connectivity index (χ3v) is 5.30. The van der Waals surface area contributed by atoms with Gasteiger partial charge in [-0.3, -0.25) is 9.59 Å². The molecule has 0 spiro atoms. The van der Waals surface area contributed by atoms with E-state index in [9.17, 15) is 9.59 Å². The summed E-state index contributed by atoms with van der Waals surface area (Å²) >= 11 is 0. The van der Waals surface area contributed by atoms with Crippen LogP contribution in [0.5, 0.6) is 5.75 Å². The van der Waals surface area contributed by atoms with Crippen molar-refractivity contribution in [3.63, 3.8) is 0 Å². The van der Waals surface area contributed by atoms with Gasteiger partial charge in [-0.15, -0.1) is 0 Å². The molecule has 1 aliphatic rings. The maximum atomic E-state index is 12.8. The molecule has 1 atom stereocenters. The Hall–Kier alpha value is -2.82. The van der Waals surface area contributed by atoms with E-state index in [1.165, 1.54) is 6.42 Å². The Labute approximate surface area is 172 Å². The van der Waals surface area contributed by atoms with Crippen LogP contribution in [0.25, 0.3) is 0 Å². The minimum Gasteiger partial charge on any atom is -0.481 e. The lowest BCUT2D eigenvalue weighted by Gasteiger charge is -2.23. The van der Waals surface area contributed by atoms with Crippen molar-refractivity contribution >= 4 is 17.5 Å². The first-order valence-electron chi connectivity index (χ1n) is 10.5. The van der Waals surface area contributed by atoms with E-state index in [0.29, 0.717) is 23.4 Å². The molecule has 1 fully saturated rings. The zero-order chi connectivity index (χ0) is 20.6. The Bertz CT molecular complexity index is 844. The molecule has 1 saturated carbocycles. The smallest absolute Gasteiger partial charge is 0.265 e. The lowest BCUT2D eigenvalue weighted by molar-refractivity contribution is -0.122. The van der Waals surface area contributed by atoms with E-state index in [1.807, 2.05) is 50.2 Å². The number of ether oxygens (including phenoxy) is 1. The van der Waals surface area contributed by atoms with Gasteiger partial charge < -0.3 is 15.4 Å². The number of amides is 2. The zero-order valence-corrected chi connectivity index (χ0v) is 17.2. The summed E-state index contributed by atoms with van der Waals surface area (Å²) in [4.78, 5) is 25.6. The van der Waals surface area contributed by atoms with Crippen molar-refractivity contribution in [2.75, 3.05) is 5.32 Å². The molecule has 0 aromatic heterocycles. The number of hydrogen-bond donors (Lipinski definition) is 2. The van der Waals surface area contributed by atoms with Gasteiger partial charge in [0.1, 0.15) is 5.75 Å². The first-order valence-corrected chi connectivity index (χ1v) is 10.5. The van der Waals surface area contributed by atoms with Gasteiger partial charge in [-0.25, -0.2) is 0 Å². The van der Waals surface area contributed by atoms with Gasteiger partial charge in [0.05, 0.1) is 11.3 Å². The Morgan fingerprint density at radius 2 is 1.83 bits per heavy atom. The van der Waals surface area contributed by atoms with Gasteiger partial charge in [-0.1, -0.05) is 50.5 Å². The molecule has 5 nitrogen and oxygen atoms in total. The van der Waals surface area contributed by atoms with Crippen molar-refractivity contribution < 1.29 is 14.3 Å². The van der Waals surface area contributed by atoms with Crippen LogP contribution in [0, 0.1) is 6.92 Å². The second kappa shape index (κ2) is 10.1. The van der Waals surface area contributed by atoms with Crippen molar-refractivity contribution in [3.8, 4) is 5.75 Å². The number of carbonyl (C=O) groups is 2. The number of benzene rings is 2. The van der Waals surface area contributed by atoms with Crippen LogP contribution in [0.15, 0.2) is 48.5 Å². The van der Waals surface area contributed by atoms with Crippen LogP contribution < -0.4 is 15.4 Å². The van der Waals surface area contributed by atoms with E-state index in [2.05, 4.69) is 10.6 Å². The molecule has 0 radical (unpaired) electrons. The fraction of sp³-hybridized carbons (Fsp3) is 0.417. The van der Waals surface area contributed by atoms with Crippen LogP contribution in [0.2, 0.25) is 0 Å². The average Bonchev–Trinajstić information content (AvgIpc) is 2.73. The lowest BCUT2D eigenvalue weighted by Crippen LogP contribution is -2.37. The van der Waals surface area contributed by atoms with E-state index in [4.69, 9.17) is 4.74 Å². The molecule has 3 rings (SSSR count). The molecule has 2 amide bonds. The molecule has 5 heteroatoms. The van der Waals surface area contributed by atoms with Crippen LogP contribution in [0.3, 0.4) is 0 Å². The van der Waals surface area contributed by atoms with E-state index < -0.39 is 6.10 Å². The molecule has 29 heavy (non-hydrogen) atoms. The Balaban J connectivity index is 1.68. The van der Waals surface area contributed by atoms with Gasteiger partial charge in [-0.2, -0.15) is 0 Å².